The third-order valence-corrected chi connectivity index (χ3v) is 2.56. The monoisotopic (exact) mass is 271 g/mol. The molecule has 1 aromatic carbocycles. The van der Waals surface area contributed by atoms with Crippen molar-refractivity contribution in [3.8, 4) is 0 Å². The van der Waals surface area contributed by atoms with Crippen LogP contribution in [0.5, 0.6) is 0 Å². The summed E-state index contributed by atoms with van der Waals surface area (Å²) in [5, 5.41) is 11.2. The molecule has 0 spiro atoms. The van der Waals surface area contributed by atoms with E-state index in [2.05, 4.69) is 5.32 Å². The van der Waals surface area contributed by atoms with Gasteiger partial charge in [-0.25, -0.2) is 8.78 Å². The summed E-state index contributed by atoms with van der Waals surface area (Å²) in [5.74, 6) is -5.21. The maximum absolute atomic E-state index is 13.4. The Hall–Kier alpha value is -1.98. The molecule has 4 nitrogen and oxygen atoms in total. The second-order valence-corrected chi connectivity index (χ2v) is 5.25. The van der Waals surface area contributed by atoms with E-state index in [4.69, 9.17) is 5.11 Å². The quantitative estimate of drug-likeness (QED) is 0.830. The number of benzene rings is 1. The Bertz CT molecular complexity index is 509. The molecule has 0 saturated heterocycles. The Morgan fingerprint density at radius 2 is 1.84 bits per heavy atom. The van der Waals surface area contributed by atoms with Gasteiger partial charge in [0, 0.05) is 6.07 Å². The minimum atomic E-state index is -1.34. The molecule has 1 amide bonds. The van der Waals surface area contributed by atoms with Crippen LogP contribution >= 0.6 is 0 Å². The van der Waals surface area contributed by atoms with Crippen molar-refractivity contribution in [1.82, 2.24) is 0 Å². The standard InChI is InChI=1S/C13H15F2NO3/c1-13(2,3)10(12(18)19)11(17)16-9-5-4-7(14)6-8(9)15/h4-6,10H,1-3H3,(H,16,17)(H,18,19). The van der Waals surface area contributed by atoms with E-state index in [0.29, 0.717) is 6.07 Å². The number of halogens is 2. The van der Waals surface area contributed by atoms with Gasteiger partial charge < -0.3 is 10.4 Å². The van der Waals surface area contributed by atoms with Gasteiger partial charge in [-0.1, -0.05) is 20.8 Å². The summed E-state index contributed by atoms with van der Waals surface area (Å²) >= 11 is 0. The Kier molecular flexibility index (Phi) is 4.24. The lowest BCUT2D eigenvalue weighted by Gasteiger charge is -2.25. The van der Waals surface area contributed by atoms with Crippen LogP contribution in [-0.4, -0.2) is 17.0 Å². The molecule has 0 aromatic heterocycles. The van der Waals surface area contributed by atoms with Crippen molar-refractivity contribution in [3.05, 3.63) is 29.8 Å². The number of amides is 1. The Morgan fingerprint density at radius 3 is 2.26 bits per heavy atom. The SMILES string of the molecule is CC(C)(C)C(C(=O)O)C(=O)Nc1ccc(F)cc1F. The number of carboxylic acids is 1. The minimum Gasteiger partial charge on any atom is -0.481 e. The number of anilines is 1. The third kappa shape index (κ3) is 3.74. The number of rotatable bonds is 3. The van der Waals surface area contributed by atoms with Crippen LogP contribution in [0.25, 0.3) is 0 Å². The molecular formula is C13H15F2NO3. The molecule has 0 heterocycles. The number of hydrogen-bond acceptors (Lipinski definition) is 2. The fraction of sp³-hybridized carbons (Fsp3) is 0.385. The summed E-state index contributed by atoms with van der Waals surface area (Å²) in [5.41, 5.74) is -1.08. The fourth-order valence-corrected chi connectivity index (χ4v) is 1.67. The van der Waals surface area contributed by atoms with Crippen molar-refractivity contribution in [3.63, 3.8) is 0 Å². The summed E-state index contributed by atoms with van der Waals surface area (Å²) in [6.45, 7) is 4.77. The molecule has 19 heavy (non-hydrogen) atoms. The van der Waals surface area contributed by atoms with E-state index in [9.17, 15) is 18.4 Å². The molecule has 2 N–H and O–H groups in total. The zero-order chi connectivity index (χ0) is 14.8. The molecule has 1 rings (SSSR count). The molecule has 104 valence electrons. The van der Waals surface area contributed by atoms with Gasteiger partial charge in [0.2, 0.25) is 5.91 Å². The van der Waals surface area contributed by atoms with E-state index in [-0.39, 0.29) is 5.69 Å². The van der Waals surface area contributed by atoms with Crippen molar-refractivity contribution in [2.75, 3.05) is 5.32 Å². The van der Waals surface area contributed by atoms with E-state index < -0.39 is 34.8 Å². The summed E-state index contributed by atoms with van der Waals surface area (Å²) in [4.78, 5) is 23.0. The van der Waals surface area contributed by atoms with Crippen LogP contribution in [0, 0.1) is 23.0 Å². The Balaban J connectivity index is 2.97. The first kappa shape index (κ1) is 15.1. The van der Waals surface area contributed by atoms with Gasteiger partial charge in [0.25, 0.3) is 0 Å². The molecule has 0 fully saturated rings. The lowest BCUT2D eigenvalue weighted by molar-refractivity contribution is -0.149. The lowest BCUT2D eigenvalue weighted by atomic mass is 9.80. The van der Waals surface area contributed by atoms with Gasteiger partial charge in [0.15, 0.2) is 0 Å². The summed E-state index contributed by atoms with van der Waals surface area (Å²) < 4.78 is 26.1. The van der Waals surface area contributed by atoms with E-state index in [1.54, 1.807) is 20.8 Å². The maximum atomic E-state index is 13.4. The predicted molar refractivity (Wildman–Crippen MR) is 65.6 cm³/mol. The summed E-state index contributed by atoms with van der Waals surface area (Å²) in [6, 6.07) is 2.64. The lowest BCUT2D eigenvalue weighted by Crippen LogP contribution is -2.39. The van der Waals surface area contributed by atoms with Gasteiger partial charge in [-0.15, -0.1) is 0 Å². The first-order valence-electron chi connectivity index (χ1n) is 5.61. The second-order valence-electron chi connectivity index (χ2n) is 5.25. The zero-order valence-electron chi connectivity index (χ0n) is 10.8. The minimum absolute atomic E-state index is 0.248. The average molecular weight is 271 g/mol. The highest BCUT2D eigenvalue weighted by Crippen LogP contribution is 2.28. The van der Waals surface area contributed by atoms with Crippen molar-refractivity contribution >= 4 is 17.6 Å². The molecule has 0 radical (unpaired) electrons. The normalized spacial score (nSPS) is 12.9. The van der Waals surface area contributed by atoms with Crippen LogP contribution in [0.2, 0.25) is 0 Å². The van der Waals surface area contributed by atoms with Gasteiger partial charge in [-0.2, -0.15) is 0 Å². The van der Waals surface area contributed by atoms with Crippen LogP contribution in [-0.2, 0) is 9.59 Å². The predicted octanol–water partition coefficient (Wildman–Crippen LogP) is 2.65. The van der Waals surface area contributed by atoms with E-state index in [0.717, 1.165) is 12.1 Å². The maximum Gasteiger partial charge on any atom is 0.316 e. The number of carbonyl (C=O) groups excluding carboxylic acids is 1. The van der Waals surface area contributed by atoms with Crippen molar-refractivity contribution in [1.29, 1.82) is 0 Å². The van der Waals surface area contributed by atoms with E-state index in [1.807, 2.05) is 0 Å². The highest BCUT2D eigenvalue weighted by molar-refractivity contribution is 6.04. The van der Waals surface area contributed by atoms with Gasteiger partial charge in [0.1, 0.15) is 17.6 Å². The Morgan fingerprint density at radius 1 is 1.26 bits per heavy atom. The number of aliphatic carboxylic acids is 1. The first-order valence-corrected chi connectivity index (χ1v) is 5.61. The Labute approximate surface area is 109 Å². The van der Waals surface area contributed by atoms with E-state index >= 15 is 0 Å². The van der Waals surface area contributed by atoms with Crippen LogP contribution in [0.3, 0.4) is 0 Å². The van der Waals surface area contributed by atoms with Crippen molar-refractivity contribution in [2.24, 2.45) is 11.3 Å². The topological polar surface area (TPSA) is 66.4 Å². The molecule has 0 aliphatic carbocycles. The number of nitrogens with one attached hydrogen (secondary N) is 1. The summed E-state index contributed by atoms with van der Waals surface area (Å²) in [7, 11) is 0. The smallest absolute Gasteiger partial charge is 0.316 e. The zero-order valence-corrected chi connectivity index (χ0v) is 10.8. The van der Waals surface area contributed by atoms with Crippen LogP contribution in [0.1, 0.15) is 20.8 Å². The number of hydrogen-bond donors (Lipinski definition) is 2. The molecular weight excluding hydrogens is 256 g/mol. The molecule has 1 aromatic rings. The van der Waals surface area contributed by atoms with Crippen LogP contribution in [0.15, 0.2) is 18.2 Å². The third-order valence-electron chi connectivity index (χ3n) is 2.56. The molecule has 1 unspecified atom stereocenters. The molecule has 0 aliphatic heterocycles. The summed E-state index contributed by atoms with van der Waals surface area (Å²) in [6.07, 6.45) is 0. The van der Waals surface area contributed by atoms with E-state index in [1.165, 1.54) is 0 Å². The molecule has 1 atom stereocenters. The van der Waals surface area contributed by atoms with Gasteiger partial charge >= 0.3 is 5.97 Å². The second kappa shape index (κ2) is 5.34. The largest absolute Gasteiger partial charge is 0.481 e. The molecule has 0 saturated carbocycles. The van der Waals surface area contributed by atoms with Crippen LogP contribution in [0.4, 0.5) is 14.5 Å². The van der Waals surface area contributed by atoms with Gasteiger partial charge in [-0.05, 0) is 17.5 Å². The molecule has 0 bridgehead atoms. The number of carbonyl (C=O) groups is 2. The highest BCUT2D eigenvalue weighted by atomic mass is 19.1. The molecule has 6 heteroatoms. The van der Waals surface area contributed by atoms with Crippen molar-refractivity contribution in [2.45, 2.75) is 20.8 Å². The average Bonchev–Trinajstić information content (AvgIpc) is 2.19. The molecule has 0 aliphatic rings. The van der Waals surface area contributed by atoms with Gasteiger partial charge in [-0.3, -0.25) is 9.59 Å². The fourth-order valence-electron chi connectivity index (χ4n) is 1.67. The highest BCUT2D eigenvalue weighted by Gasteiger charge is 2.37. The van der Waals surface area contributed by atoms with Crippen molar-refractivity contribution < 1.29 is 23.5 Å². The van der Waals surface area contributed by atoms with Gasteiger partial charge in [0.05, 0.1) is 5.69 Å². The number of carboxylic acid groups (broad SMARTS) is 1. The van der Waals surface area contributed by atoms with Crippen LogP contribution < -0.4 is 5.32 Å². The first-order chi connectivity index (χ1) is 8.62.